The van der Waals surface area contributed by atoms with Gasteiger partial charge in [-0.25, -0.2) is 0 Å². The Labute approximate surface area is 380 Å². The zero-order valence-electron chi connectivity index (χ0n) is 39.8. The van der Waals surface area contributed by atoms with Gasteiger partial charge in [0.25, 0.3) is 0 Å². The topological polar surface area (TPSA) is 78.9 Å². The van der Waals surface area contributed by atoms with Crippen LogP contribution in [0.4, 0.5) is 0 Å². The van der Waals surface area contributed by atoms with Gasteiger partial charge in [0, 0.05) is 19.3 Å². The van der Waals surface area contributed by atoms with Crippen LogP contribution in [0.1, 0.15) is 207 Å². The molecule has 0 amide bonds. The van der Waals surface area contributed by atoms with Crippen molar-refractivity contribution in [2.24, 2.45) is 0 Å². The van der Waals surface area contributed by atoms with Crippen molar-refractivity contribution < 1.29 is 28.6 Å². The second kappa shape index (κ2) is 49.7. The number of ether oxygens (including phenoxy) is 3. The first-order valence-corrected chi connectivity index (χ1v) is 24.9. The van der Waals surface area contributed by atoms with Crippen molar-refractivity contribution in [2.45, 2.75) is 213 Å². The third kappa shape index (κ3) is 47.1. The molecule has 0 aromatic carbocycles. The Morgan fingerprint density at radius 1 is 0.339 bits per heavy atom. The molecule has 62 heavy (non-hydrogen) atoms. The van der Waals surface area contributed by atoms with Gasteiger partial charge in [-0.15, -0.1) is 0 Å². The molecule has 0 radical (unpaired) electrons. The molecule has 0 aliphatic carbocycles. The molecule has 0 saturated heterocycles. The van der Waals surface area contributed by atoms with Crippen LogP contribution in [0, 0.1) is 0 Å². The van der Waals surface area contributed by atoms with Crippen LogP contribution in [0.2, 0.25) is 0 Å². The third-order valence-corrected chi connectivity index (χ3v) is 10.1. The molecule has 350 valence electrons. The summed E-state index contributed by atoms with van der Waals surface area (Å²) in [5.41, 5.74) is 0. The van der Waals surface area contributed by atoms with Crippen molar-refractivity contribution in [3.63, 3.8) is 0 Å². The summed E-state index contributed by atoms with van der Waals surface area (Å²) in [5, 5.41) is 0. The number of hydrogen-bond acceptors (Lipinski definition) is 6. The summed E-state index contributed by atoms with van der Waals surface area (Å²) in [6.45, 7) is 6.20. The van der Waals surface area contributed by atoms with Gasteiger partial charge in [0.15, 0.2) is 6.10 Å². The second-order valence-corrected chi connectivity index (χ2v) is 16.0. The molecule has 0 fully saturated rings. The largest absolute Gasteiger partial charge is 0.462 e. The predicted molar refractivity (Wildman–Crippen MR) is 265 cm³/mol. The van der Waals surface area contributed by atoms with E-state index >= 15 is 0 Å². The van der Waals surface area contributed by atoms with Crippen molar-refractivity contribution >= 4 is 17.9 Å². The van der Waals surface area contributed by atoms with Crippen molar-refractivity contribution in [3.05, 3.63) is 109 Å². The van der Waals surface area contributed by atoms with E-state index in [1.165, 1.54) is 44.9 Å². The van der Waals surface area contributed by atoms with Gasteiger partial charge >= 0.3 is 17.9 Å². The highest BCUT2D eigenvalue weighted by Gasteiger charge is 2.19. The molecule has 0 aliphatic rings. The van der Waals surface area contributed by atoms with Crippen molar-refractivity contribution in [3.8, 4) is 0 Å². The number of hydrogen-bond donors (Lipinski definition) is 0. The highest BCUT2D eigenvalue weighted by atomic mass is 16.6. The molecule has 1 atom stereocenters. The first-order chi connectivity index (χ1) is 30.5. The molecular formula is C56H90O6. The average molecular weight is 859 g/mol. The molecule has 0 aliphatic heterocycles. The molecule has 0 bridgehead atoms. The number of esters is 3. The van der Waals surface area contributed by atoms with Gasteiger partial charge < -0.3 is 14.2 Å². The van der Waals surface area contributed by atoms with Gasteiger partial charge in [-0.1, -0.05) is 194 Å². The van der Waals surface area contributed by atoms with Gasteiger partial charge in [0.05, 0.1) is 0 Å². The molecule has 0 spiro atoms. The summed E-state index contributed by atoms with van der Waals surface area (Å²) >= 11 is 0. The minimum Gasteiger partial charge on any atom is -0.462 e. The number of unbranched alkanes of at least 4 members (excludes halogenated alkanes) is 16. The van der Waals surface area contributed by atoms with E-state index in [1.807, 2.05) is 6.08 Å². The summed E-state index contributed by atoms with van der Waals surface area (Å²) in [6, 6.07) is 0. The van der Waals surface area contributed by atoms with E-state index in [0.717, 1.165) is 122 Å². The Kier molecular flexibility index (Phi) is 46.6. The molecule has 0 N–H and O–H groups in total. The molecule has 6 nitrogen and oxygen atoms in total. The maximum Gasteiger partial charge on any atom is 0.306 e. The van der Waals surface area contributed by atoms with Crippen molar-refractivity contribution in [1.29, 1.82) is 0 Å². The molecule has 0 aromatic rings. The highest BCUT2D eigenvalue weighted by Crippen LogP contribution is 2.14. The highest BCUT2D eigenvalue weighted by molar-refractivity contribution is 5.71. The summed E-state index contributed by atoms with van der Waals surface area (Å²) in [4.78, 5) is 37.9. The van der Waals surface area contributed by atoms with E-state index in [-0.39, 0.29) is 31.1 Å². The maximum absolute atomic E-state index is 12.8. The lowest BCUT2D eigenvalue weighted by Crippen LogP contribution is -2.30. The molecule has 0 heterocycles. The molecule has 0 aromatic heterocycles. The average Bonchev–Trinajstić information content (AvgIpc) is 3.27. The lowest BCUT2D eigenvalue weighted by atomic mass is 10.1. The number of rotatable bonds is 43. The summed E-state index contributed by atoms with van der Waals surface area (Å²) in [5.74, 6) is -0.979. The third-order valence-electron chi connectivity index (χ3n) is 10.1. The first-order valence-electron chi connectivity index (χ1n) is 24.9. The smallest absolute Gasteiger partial charge is 0.306 e. The first kappa shape index (κ1) is 58.1. The lowest BCUT2D eigenvalue weighted by molar-refractivity contribution is -0.167. The van der Waals surface area contributed by atoms with Gasteiger partial charge in [0.2, 0.25) is 0 Å². The summed E-state index contributed by atoms with van der Waals surface area (Å²) in [7, 11) is 0. The van der Waals surface area contributed by atoms with Crippen LogP contribution in [0.5, 0.6) is 0 Å². The standard InChI is InChI=1S/C56H90O6/c1-4-7-10-13-16-19-22-25-26-27-28-29-30-32-34-37-40-43-46-49-55(58)61-52-53(51-60-54(57)48-45-42-39-36-33-24-21-18-15-12-9-6-3)62-56(59)50-47-44-41-38-35-31-23-20-17-14-11-8-5-2/h7-12,14,16-21,23,25-26,33,36,53H,4-6,13,15,22,24,27-32,34-35,37-52H2,1-3H3/b10-7-,11-8-,12-9-,17-14-,19-16-,21-18-,23-20-,26-25-,36-33-. The fraction of sp³-hybridized carbons (Fsp3) is 0.625. The fourth-order valence-corrected chi connectivity index (χ4v) is 6.41. The number of carbonyl (C=O) groups is 3. The predicted octanol–water partition coefficient (Wildman–Crippen LogP) is 16.4. The Balaban J connectivity index is 4.43. The molecular weight excluding hydrogens is 769 g/mol. The van der Waals surface area contributed by atoms with Crippen molar-refractivity contribution in [1.82, 2.24) is 0 Å². The zero-order chi connectivity index (χ0) is 45.1. The minimum atomic E-state index is -0.807. The van der Waals surface area contributed by atoms with Crippen LogP contribution in [0.15, 0.2) is 109 Å². The van der Waals surface area contributed by atoms with Gasteiger partial charge in [-0.05, 0) is 103 Å². The summed E-state index contributed by atoms with van der Waals surface area (Å²) < 4.78 is 16.7. The SMILES string of the molecule is CC\C=C/C=C\C=C/CCCCCCCC(=O)OC(COC(=O)CCCC/C=C\C/C=C\C/C=C\CC)COC(=O)CCCCCCCCCCC/C=C\C/C=C\C/C=C\CC. The Morgan fingerprint density at radius 2 is 0.661 bits per heavy atom. The van der Waals surface area contributed by atoms with Gasteiger partial charge in [0.1, 0.15) is 13.2 Å². The maximum atomic E-state index is 12.8. The van der Waals surface area contributed by atoms with E-state index in [4.69, 9.17) is 14.2 Å². The lowest BCUT2D eigenvalue weighted by Gasteiger charge is -2.18. The van der Waals surface area contributed by atoms with E-state index in [9.17, 15) is 14.4 Å². The monoisotopic (exact) mass is 859 g/mol. The van der Waals surface area contributed by atoms with Crippen molar-refractivity contribution in [2.75, 3.05) is 13.2 Å². The van der Waals surface area contributed by atoms with E-state index in [0.29, 0.717) is 19.3 Å². The molecule has 0 rings (SSSR count). The van der Waals surface area contributed by atoms with Crippen LogP contribution in [0.3, 0.4) is 0 Å². The number of carbonyl (C=O) groups excluding carboxylic acids is 3. The number of allylic oxidation sites excluding steroid dienone is 18. The van der Waals surface area contributed by atoms with Crippen LogP contribution in [-0.4, -0.2) is 37.2 Å². The summed E-state index contributed by atoms with van der Waals surface area (Å²) in [6.07, 6.45) is 66.5. The van der Waals surface area contributed by atoms with Crippen LogP contribution >= 0.6 is 0 Å². The fourth-order valence-electron chi connectivity index (χ4n) is 6.41. The van der Waals surface area contributed by atoms with Crippen LogP contribution in [-0.2, 0) is 28.6 Å². The molecule has 1 unspecified atom stereocenters. The van der Waals surface area contributed by atoms with E-state index in [1.54, 1.807) is 0 Å². The Bertz CT molecular complexity index is 1310. The molecule has 0 saturated carbocycles. The van der Waals surface area contributed by atoms with Crippen LogP contribution < -0.4 is 0 Å². The van der Waals surface area contributed by atoms with Gasteiger partial charge in [-0.3, -0.25) is 14.4 Å². The van der Waals surface area contributed by atoms with Crippen LogP contribution in [0.25, 0.3) is 0 Å². The second-order valence-electron chi connectivity index (χ2n) is 16.0. The quantitative estimate of drug-likeness (QED) is 0.0200. The van der Waals surface area contributed by atoms with E-state index < -0.39 is 6.10 Å². The van der Waals surface area contributed by atoms with Gasteiger partial charge in [-0.2, -0.15) is 0 Å². The van der Waals surface area contributed by atoms with E-state index in [2.05, 4.69) is 124 Å². The normalized spacial score (nSPS) is 13.0. The Hall–Kier alpha value is -3.93. The molecule has 6 heteroatoms. The Morgan fingerprint density at radius 3 is 1.11 bits per heavy atom. The zero-order valence-corrected chi connectivity index (χ0v) is 39.8. The minimum absolute atomic E-state index is 0.104.